The van der Waals surface area contributed by atoms with Crippen LogP contribution in [0.15, 0.2) is 154 Å². The van der Waals surface area contributed by atoms with Crippen LogP contribution in [-0.2, 0) is 17.8 Å². The number of carbonyl (C=O) groups is 3. The van der Waals surface area contributed by atoms with Crippen LogP contribution in [0, 0.1) is 11.8 Å². The molecular weight excluding hydrogens is 769 g/mol. The first-order valence-corrected chi connectivity index (χ1v) is 21.6. The highest BCUT2D eigenvalue weighted by molar-refractivity contribution is 7.99. The summed E-state index contributed by atoms with van der Waals surface area (Å²) in [6.45, 7) is 13.7. The average molecular weight is 817 g/mol. The predicted molar refractivity (Wildman–Crippen MR) is 242 cm³/mol. The smallest absolute Gasteiger partial charge is 0.339 e. The van der Waals surface area contributed by atoms with Crippen molar-refractivity contribution in [3.63, 3.8) is 0 Å². The molecule has 0 heterocycles. The van der Waals surface area contributed by atoms with Gasteiger partial charge in [0.05, 0.1) is 16.7 Å². The van der Waals surface area contributed by atoms with Crippen molar-refractivity contribution >= 4 is 58.5 Å². The Morgan fingerprint density at radius 2 is 1.12 bits per heavy atom. The molecule has 1 aliphatic carbocycles. The molecule has 0 atom stereocenters. The maximum absolute atomic E-state index is 15.3. The Morgan fingerprint density at radius 3 is 1.69 bits per heavy atom. The zero-order valence-corrected chi connectivity index (χ0v) is 35.5. The van der Waals surface area contributed by atoms with E-state index in [1.165, 1.54) is 23.5 Å². The zero-order chi connectivity index (χ0) is 41.5. The van der Waals surface area contributed by atoms with Gasteiger partial charge >= 0.3 is 5.97 Å². The van der Waals surface area contributed by atoms with Crippen molar-refractivity contribution in [2.45, 2.75) is 60.3 Å². The average Bonchev–Trinajstić information content (AvgIpc) is 3.24. The van der Waals surface area contributed by atoms with Crippen molar-refractivity contribution in [3.8, 4) is 0 Å². The van der Waals surface area contributed by atoms with Crippen LogP contribution in [0.2, 0.25) is 0 Å². The highest BCUT2D eigenvalue weighted by Crippen LogP contribution is 2.46. The molecule has 8 heteroatoms. The van der Waals surface area contributed by atoms with E-state index in [2.05, 4.69) is 81.3 Å². The molecular formula is C51H48N2O4S2. The van der Waals surface area contributed by atoms with E-state index in [0.717, 1.165) is 27.1 Å². The normalized spacial score (nSPS) is 12.0. The molecule has 0 fully saturated rings. The Labute approximate surface area is 355 Å². The Kier molecular flexibility index (Phi) is 13.2. The summed E-state index contributed by atoms with van der Waals surface area (Å²) in [7, 11) is 0. The summed E-state index contributed by atoms with van der Waals surface area (Å²) in [5.41, 5.74) is 7.27. The monoisotopic (exact) mass is 816 g/mol. The van der Waals surface area contributed by atoms with Gasteiger partial charge in [0.25, 0.3) is 0 Å². The van der Waals surface area contributed by atoms with Crippen molar-refractivity contribution in [3.05, 3.63) is 184 Å². The molecule has 6 nitrogen and oxygen atoms in total. The Hall–Kier alpha value is -5.83. The van der Waals surface area contributed by atoms with Crippen LogP contribution in [0.25, 0.3) is 6.08 Å². The maximum atomic E-state index is 15.3. The summed E-state index contributed by atoms with van der Waals surface area (Å²) in [4.78, 5) is 47.1. The Bertz CT molecular complexity index is 2510. The number of ether oxygens (including phenoxy) is 1. The van der Waals surface area contributed by atoms with Crippen molar-refractivity contribution in [1.29, 1.82) is 0 Å². The molecule has 59 heavy (non-hydrogen) atoms. The van der Waals surface area contributed by atoms with E-state index in [4.69, 9.17) is 4.74 Å². The van der Waals surface area contributed by atoms with E-state index in [-0.39, 0.29) is 24.1 Å². The third-order valence-corrected chi connectivity index (χ3v) is 12.3. The molecule has 298 valence electrons. The number of carbonyl (C=O) groups excluding carboxylic acids is 3. The lowest BCUT2D eigenvalue weighted by Gasteiger charge is -2.27. The first kappa shape index (κ1) is 41.3. The molecule has 0 amide bonds. The number of hydrogen-bond acceptors (Lipinski definition) is 8. The Balaban J connectivity index is 1.31. The van der Waals surface area contributed by atoms with Crippen LogP contribution in [0.5, 0.6) is 0 Å². The van der Waals surface area contributed by atoms with Crippen LogP contribution in [0.1, 0.15) is 92.1 Å². The van der Waals surface area contributed by atoms with Gasteiger partial charge in [-0.15, -0.1) is 0 Å². The molecule has 0 radical (unpaired) electrons. The van der Waals surface area contributed by atoms with Crippen molar-refractivity contribution in [2.24, 2.45) is 11.8 Å². The first-order chi connectivity index (χ1) is 28.6. The lowest BCUT2D eigenvalue weighted by Crippen LogP contribution is -2.26. The molecule has 0 aromatic heterocycles. The number of benzene rings is 6. The van der Waals surface area contributed by atoms with Gasteiger partial charge in [0.15, 0.2) is 11.6 Å². The van der Waals surface area contributed by atoms with Crippen LogP contribution in [-0.4, -0.2) is 30.6 Å². The summed E-state index contributed by atoms with van der Waals surface area (Å²) >= 11 is 2.81. The van der Waals surface area contributed by atoms with Crippen LogP contribution in [0.4, 0.5) is 11.4 Å². The topological polar surface area (TPSA) is 84.5 Å². The van der Waals surface area contributed by atoms with Gasteiger partial charge in [0.1, 0.15) is 6.61 Å². The quantitative estimate of drug-likeness (QED) is 0.0933. The van der Waals surface area contributed by atoms with Gasteiger partial charge in [0.2, 0.25) is 0 Å². The van der Waals surface area contributed by atoms with Gasteiger partial charge in [-0.05, 0) is 83.0 Å². The minimum atomic E-state index is -0.468. The minimum absolute atomic E-state index is 0.133. The Morgan fingerprint density at radius 1 is 0.593 bits per heavy atom. The summed E-state index contributed by atoms with van der Waals surface area (Å²) in [5.74, 6) is -0.335. The number of nitrogens with one attached hydrogen (secondary N) is 2. The van der Waals surface area contributed by atoms with Crippen molar-refractivity contribution in [1.82, 2.24) is 0 Å². The second kappa shape index (κ2) is 18.8. The van der Waals surface area contributed by atoms with E-state index in [9.17, 15) is 4.79 Å². The largest absolute Gasteiger partial charge is 0.457 e. The molecule has 7 rings (SSSR count). The van der Waals surface area contributed by atoms with E-state index >= 15 is 9.59 Å². The fourth-order valence-corrected chi connectivity index (χ4v) is 9.10. The molecule has 0 aliphatic heterocycles. The predicted octanol–water partition coefficient (Wildman–Crippen LogP) is 12.5. The van der Waals surface area contributed by atoms with E-state index in [1.54, 1.807) is 12.1 Å². The molecule has 0 bridgehead atoms. The number of anilines is 2. The van der Waals surface area contributed by atoms with Crippen LogP contribution < -0.4 is 10.6 Å². The fourth-order valence-electron chi connectivity index (χ4n) is 6.94. The number of esters is 1. The molecule has 1 aliphatic rings. The third-order valence-electron chi connectivity index (χ3n) is 9.99. The van der Waals surface area contributed by atoms with Crippen molar-refractivity contribution in [2.75, 3.05) is 23.7 Å². The molecule has 0 saturated heterocycles. The lowest BCUT2D eigenvalue weighted by atomic mass is 9.82. The van der Waals surface area contributed by atoms with Gasteiger partial charge in [0, 0.05) is 55.2 Å². The standard InChI is InChI=1S/C51H48N2O4S2/c1-6-34-20-22-35(23-21-34)28-37-16-10-12-18-41(37)58-43-26-24-39(52-29-32(2)3)45-47(43)49(54)46-40(53-30-33(4)5)25-27-44(48(46)50(45)55)59-42-19-13-11-17-38(42)51(56)57-31-36-14-8-7-9-15-36/h6-27,32-33,52-53H,1,28-31H2,2-5H3. The lowest BCUT2D eigenvalue weighted by molar-refractivity contribution is 0.0468. The summed E-state index contributed by atoms with van der Waals surface area (Å²) < 4.78 is 5.74. The number of fused-ring (bicyclic) bond motifs is 2. The second-order valence-corrected chi connectivity index (χ2v) is 17.6. The third kappa shape index (κ3) is 9.56. The summed E-state index contributed by atoms with van der Waals surface area (Å²) in [6.07, 6.45) is 2.54. The SMILES string of the molecule is C=Cc1ccc(Cc2ccccc2Sc2ccc(NCC(C)C)c3c2C(=O)c2c(NCC(C)C)ccc(Sc4ccccc4C(=O)OCc4ccccc4)c2C3=O)cc1. The molecule has 0 spiro atoms. The van der Waals surface area contributed by atoms with E-state index in [1.807, 2.05) is 84.9 Å². The summed E-state index contributed by atoms with van der Waals surface area (Å²) in [6, 6.07) is 41.0. The molecule has 2 N–H and O–H groups in total. The maximum Gasteiger partial charge on any atom is 0.339 e. The zero-order valence-electron chi connectivity index (χ0n) is 33.8. The van der Waals surface area contributed by atoms with E-state index < -0.39 is 5.97 Å². The summed E-state index contributed by atoms with van der Waals surface area (Å²) in [5, 5.41) is 6.99. The van der Waals surface area contributed by atoms with Gasteiger partial charge in [-0.2, -0.15) is 0 Å². The van der Waals surface area contributed by atoms with Gasteiger partial charge in [-0.25, -0.2) is 4.79 Å². The molecule has 6 aromatic rings. The minimum Gasteiger partial charge on any atom is -0.457 e. The van der Waals surface area contributed by atoms with E-state index in [0.29, 0.717) is 79.3 Å². The van der Waals surface area contributed by atoms with Gasteiger partial charge in [-0.1, -0.05) is 149 Å². The molecule has 0 saturated carbocycles. The number of ketones is 2. The molecule has 0 unspecified atom stereocenters. The fraction of sp³-hybridized carbons (Fsp3) is 0.196. The van der Waals surface area contributed by atoms with Gasteiger partial charge in [-0.3, -0.25) is 9.59 Å². The van der Waals surface area contributed by atoms with Crippen LogP contribution in [0.3, 0.4) is 0 Å². The molecule has 6 aromatic carbocycles. The van der Waals surface area contributed by atoms with Gasteiger partial charge < -0.3 is 15.4 Å². The highest BCUT2D eigenvalue weighted by atomic mass is 32.2. The highest BCUT2D eigenvalue weighted by Gasteiger charge is 2.38. The van der Waals surface area contributed by atoms with Crippen molar-refractivity contribution < 1.29 is 19.1 Å². The number of rotatable bonds is 16. The number of hydrogen-bond donors (Lipinski definition) is 2. The van der Waals surface area contributed by atoms with Crippen LogP contribution >= 0.6 is 23.5 Å². The second-order valence-electron chi connectivity index (χ2n) is 15.4. The first-order valence-electron chi connectivity index (χ1n) is 20.0.